The van der Waals surface area contributed by atoms with Gasteiger partial charge in [0.2, 0.25) is 0 Å². The van der Waals surface area contributed by atoms with Gasteiger partial charge in [0.1, 0.15) is 5.82 Å². The minimum atomic E-state index is -0.961. The summed E-state index contributed by atoms with van der Waals surface area (Å²) in [5.41, 5.74) is 2.31. The number of benzene rings is 2. The molecular formula is C17H14FNO2. The van der Waals surface area contributed by atoms with Gasteiger partial charge in [0.15, 0.2) is 0 Å². The second-order valence-electron chi connectivity index (χ2n) is 4.97. The molecule has 3 rings (SSSR count). The van der Waals surface area contributed by atoms with Crippen molar-refractivity contribution in [2.45, 2.75) is 13.0 Å². The van der Waals surface area contributed by atoms with Crippen LogP contribution in [0.3, 0.4) is 0 Å². The van der Waals surface area contributed by atoms with Crippen LogP contribution in [0.15, 0.2) is 54.7 Å². The number of hydrogen-bond acceptors (Lipinski definition) is 1. The van der Waals surface area contributed by atoms with Crippen molar-refractivity contribution in [1.29, 1.82) is 0 Å². The Labute approximate surface area is 121 Å². The van der Waals surface area contributed by atoms with Crippen LogP contribution in [0.5, 0.6) is 0 Å². The molecule has 0 saturated carbocycles. The summed E-state index contributed by atoms with van der Waals surface area (Å²) in [7, 11) is 0. The Hall–Kier alpha value is -2.62. The molecule has 3 aromatic rings. The lowest BCUT2D eigenvalue weighted by Crippen LogP contribution is -2.00. The number of aromatic nitrogens is 1. The Morgan fingerprint density at radius 1 is 1.10 bits per heavy atom. The van der Waals surface area contributed by atoms with E-state index in [9.17, 15) is 9.18 Å². The van der Waals surface area contributed by atoms with Crippen LogP contribution < -0.4 is 0 Å². The molecule has 0 radical (unpaired) electrons. The van der Waals surface area contributed by atoms with Gasteiger partial charge < -0.3 is 9.67 Å². The van der Waals surface area contributed by atoms with Gasteiger partial charge in [-0.3, -0.25) is 4.79 Å². The highest BCUT2D eigenvalue weighted by atomic mass is 19.1. The standard InChI is InChI=1S/C17H14FNO2/c18-14-7-4-8-15-17(14)13(9-16(20)21)11-19(15)10-12-5-2-1-3-6-12/h1-8,11H,9-10H2,(H,20,21). The quantitative estimate of drug-likeness (QED) is 0.796. The zero-order chi connectivity index (χ0) is 14.8. The second kappa shape index (κ2) is 5.40. The van der Waals surface area contributed by atoms with E-state index in [0.717, 1.165) is 11.1 Å². The average Bonchev–Trinajstić information content (AvgIpc) is 2.78. The van der Waals surface area contributed by atoms with Gasteiger partial charge in [-0.1, -0.05) is 36.4 Å². The van der Waals surface area contributed by atoms with Crippen LogP contribution in [0.25, 0.3) is 10.9 Å². The summed E-state index contributed by atoms with van der Waals surface area (Å²) >= 11 is 0. The first-order valence-electron chi connectivity index (χ1n) is 6.67. The molecule has 0 unspecified atom stereocenters. The first-order chi connectivity index (χ1) is 10.1. The third kappa shape index (κ3) is 2.65. The van der Waals surface area contributed by atoms with Crippen LogP contribution in [0.4, 0.5) is 4.39 Å². The topological polar surface area (TPSA) is 42.2 Å². The summed E-state index contributed by atoms with van der Waals surface area (Å²) in [6.45, 7) is 0.584. The molecule has 4 heteroatoms. The third-order valence-corrected chi connectivity index (χ3v) is 3.47. The molecule has 1 N–H and O–H groups in total. The summed E-state index contributed by atoms with van der Waals surface area (Å²) in [5.74, 6) is -1.34. The van der Waals surface area contributed by atoms with Crippen molar-refractivity contribution in [1.82, 2.24) is 4.57 Å². The molecule has 0 spiro atoms. The number of carboxylic acid groups (broad SMARTS) is 1. The lowest BCUT2D eigenvalue weighted by molar-refractivity contribution is -0.136. The number of rotatable bonds is 4. The maximum absolute atomic E-state index is 14.0. The van der Waals surface area contributed by atoms with Gasteiger partial charge in [0.25, 0.3) is 0 Å². The fourth-order valence-electron chi connectivity index (χ4n) is 2.60. The minimum Gasteiger partial charge on any atom is -0.481 e. The van der Waals surface area contributed by atoms with Crippen molar-refractivity contribution in [3.63, 3.8) is 0 Å². The molecule has 1 heterocycles. The summed E-state index contributed by atoms with van der Waals surface area (Å²) in [4.78, 5) is 11.0. The van der Waals surface area contributed by atoms with E-state index in [0.29, 0.717) is 17.5 Å². The largest absolute Gasteiger partial charge is 0.481 e. The van der Waals surface area contributed by atoms with Crippen LogP contribution >= 0.6 is 0 Å². The molecule has 0 aliphatic carbocycles. The lowest BCUT2D eigenvalue weighted by Gasteiger charge is -2.05. The highest BCUT2D eigenvalue weighted by Gasteiger charge is 2.14. The predicted octanol–water partition coefficient (Wildman–Crippen LogP) is 3.46. The van der Waals surface area contributed by atoms with Gasteiger partial charge in [0.05, 0.1) is 11.9 Å². The third-order valence-electron chi connectivity index (χ3n) is 3.47. The number of nitrogens with zero attached hydrogens (tertiary/aromatic N) is 1. The first kappa shape index (κ1) is 13.4. The van der Waals surface area contributed by atoms with Crippen LogP contribution in [0.2, 0.25) is 0 Å². The molecule has 0 saturated heterocycles. The van der Waals surface area contributed by atoms with Gasteiger partial charge >= 0.3 is 5.97 Å². The Morgan fingerprint density at radius 2 is 1.86 bits per heavy atom. The zero-order valence-electron chi connectivity index (χ0n) is 11.3. The minimum absolute atomic E-state index is 0.181. The highest BCUT2D eigenvalue weighted by molar-refractivity contribution is 5.88. The molecule has 0 bridgehead atoms. The first-order valence-corrected chi connectivity index (χ1v) is 6.67. The zero-order valence-corrected chi connectivity index (χ0v) is 11.3. The van der Waals surface area contributed by atoms with E-state index in [1.807, 2.05) is 41.0 Å². The molecule has 2 aromatic carbocycles. The van der Waals surface area contributed by atoms with Crippen molar-refractivity contribution < 1.29 is 14.3 Å². The van der Waals surface area contributed by atoms with Crippen molar-refractivity contribution in [3.05, 3.63) is 71.7 Å². The van der Waals surface area contributed by atoms with Gasteiger partial charge in [-0.15, -0.1) is 0 Å². The molecular weight excluding hydrogens is 269 g/mol. The van der Waals surface area contributed by atoms with Gasteiger partial charge in [-0.05, 0) is 23.3 Å². The van der Waals surface area contributed by atoms with E-state index < -0.39 is 5.97 Å². The number of aliphatic carboxylic acids is 1. The predicted molar refractivity (Wildman–Crippen MR) is 78.8 cm³/mol. The van der Waals surface area contributed by atoms with Crippen LogP contribution in [-0.4, -0.2) is 15.6 Å². The molecule has 106 valence electrons. The molecule has 21 heavy (non-hydrogen) atoms. The summed E-state index contributed by atoms with van der Waals surface area (Å²) < 4.78 is 15.9. The lowest BCUT2D eigenvalue weighted by atomic mass is 10.1. The fourth-order valence-corrected chi connectivity index (χ4v) is 2.60. The molecule has 0 aliphatic heterocycles. The number of carboxylic acids is 1. The molecule has 0 amide bonds. The van der Waals surface area contributed by atoms with E-state index in [4.69, 9.17) is 5.11 Å². The molecule has 3 nitrogen and oxygen atoms in total. The molecule has 0 fully saturated rings. The van der Waals surface area contributed by atoms with Crippen molar-refractivity contribution in [2.75, 3.05) is 0 Å². The average molecular weight is 283 g/mol. The number of fused-ring (bicyclic) bond motifs is 1. The van der Waals surface area contributed by atoms with E-state index in [1.54, 1.807) is 12.3 Å². The van der Waals surface area contributed by atoms with E-state index in [1.165, 1.54) is 6.07 Å². The number of carbonyl (C=O) groups is 1. The highest BCUT2D eigenvalue weighted by Crippen LogP contribution is 2.25. The molecule has 0 atom stereocenters. The maximum atomic E-state index is 14.0. The summed E-state index contributed by atoms with van der Waals surface area (Å²) in [6, 6.07) is 14.6. The van der Waals surface area contributed by atoms with Crippen molar-refractivity contribution in [3.8, 4) is 0 Å². The number of halogens is 1. The molecule has 0 aliphatic rings. The summed E-state index contributed by atoms with van der Waals surface area (Å²) in [6.07, 6.45) is 1.55. The number of hydrogen-bond donors (Lipinski definition) is 1. The summed E-state index contributed by atoms with van der Waals surface area (Å²) in [5, 5.41) is 9.38. The monoisotopic (exact) mass is 283 g/mol. The van der Waals surface area contributed by atoms with Crippen molar-refractivity contribution >= 4 is 16.9 Å². The van der Waals surface area contributed by atoms with Gasteiger partial charge in [-0.25, -0.2) is 4.39 Å². The maximum Gasteiger partial charge on any atom is 0.307 e. The SMILES string of the molecule is O=C(O)Cc1cn(Cc2ccccc2)c2cccc(F)c12. The fraction of sp³-hybridized carbons (Fsp3) is 0.118. The Kier molecular flexibility index (Phi) is 3.44. The van der Waals surface area contributed by atoms with Gasteiger partial charge in [0, 0.05) is 18.1 Å². The van der Waals surface area contributed by atoms with E-state index >= 15 is 0 Å². The molecule has 1 aromatic heterocycles. The van der Waals surface area contributed by atoms with Crippen LogP contribution in [0.1, 0.15) is 11.1 Å². The normalized spacial score (nSPS) is 10.9. The van der Waals surface area contributed by atoms with Crippen LogP contribution in [0, 0.1) is 5.82 Å². The Morgan fingerprint density at radius 3 is 2.57 bits per heavy atom. The Bertz CT molecular complexity index is 793. The Balaban J connectivity index is 2.10. The van der Waals surface area contributed by atoms with E-state index in [-0.39, 0.29) is 12.2 Å². The smallest absolute Gasteiger partial charge is 0.307 e. The van der Waals surface area contributed by atoms with Crippen molar-refractivity contribution in [2.24, 2.45) is 0 Å². The van der Waals surface area contributed by atoms with E-state index in [2.05, 4.69) is 0 Å². The van der Waals surface area contributed by atoms with Crippen LogP contribution in [-0.2, 0) is 17.8 Å². The van der Waals surface area contributed by atoms with Gasteiger partial charge in [-0.2, -0.15) is 0 Å². The second-order valence-corrected chi connectivity index (χ2v) is 4.97.